The predicted molar refractivity (Wildman–Crippen MR) is 94.3 cm³/mol. The Hall–Kier alpha value is -1.12. The van der Waals surface area contributed by atoms with E-state index in [-0.39, 0.29) is 10.8 Å². The summed E-state index contributed by atoms with van der Waals surface area (Å²) in [7, 11) is -2.10. The Bertz CT molecular complexity index is 850. The number of hydrogen-bond donors (Lipinski definition) is 2. The van der Waals surface area contributed by atoms with Crippen molar-refractivity contribution in [1.82, 2.24) is 4.72 Å². The zero-order valence-corrected chi connectivity index (χ0v) is 15.5. The molecular weight excluding hydrogens is 370 g/mol. The first kappa shape index (κ1) is 17.7. The van der Waals surface area contributed by atoms with E-state index in [4.69, 9.17) is 16.3 Å². The lowest BCUT2D eigenvalue weighted by atomic mass is 9.79. The second kappa shape index (κ2) is 6.65. The Labute approximate surface area is 150 Å². The molecule has 2 aromatic rings. The average Bonchev–Trinajstić information content (AvgIpc) is 3.00. The number of ether oxygens (including phenoxy) is 1. The molecule has 1 atom stereocenters. The van der Waals surface area contributed by atoms with E-state index in [1.54, 1.807) is 13.2 Å². The Morgan fingerprint density at radius 3 is 2.83 bits per heavy atom. The Morgan fingerprint density at radius 2 is 2.17 bits per heavy atom. The van der Waals surface area contributed by atoms with Crippen molar-refractivity contribution in [2.45, 2.75) is 29.1 Å². The molecular formula is C16H18ClNO4S2. The van der Waals surface area contributed by atoms with Crippen LogP contribution in [0.2, 0.25) is 4.34 Å². The van der Waals surface area contributed by atoms with Crippen molar-refractivity contribution in [2.24, 2.45) is 0 Å². The minimum Gasteiger partial charge on any atom is -0.497 e. The van der Waals surface area contributed by atoms with Crippen LogP contribution in [0.5, 0.6) is 5.75 Å². The summed E-state index contributed by atoms with van der Waals surface area (Å²) in [5.41, 5.74) is 0.511. The van der Waals surface area contributed by atoms with Crippen molar-refractivity contribution in [2.75, 3.05) is 13.7 Å². The molecule has 0 radical (unpaired) electrons. The highest BCUT2D eigenvalue weighted by Gasteiger charge is 2.36. The zero-order chi connectivity index (χ0) is 17.4. The quantitative estimate of drug-likeness (QED) is 0.827. The fourth-order valence-electron chi connectivity index (χ4n) is 2.98. The smallest absolute Gasteiger partial charge is 0.250 e. The largest absolute Gasteiger partial charge is 0.497 e. The first-order valence-corrected chi connectivity index (χ1v) is 10.2. The van der Waals surface area contributed by atoms with Gasteiger partial charge in [-0.15, -0.1) is 11.3 Å². The minimum atomic E-state index is -3.69. The number of fused-ring (bicyclic) bond motifs is 1. The standard InChI is InChI=1S/C16H18ClNO4S2/c1-22-12-4-5-13-11(9-12)3-2-8-16(13,19)10-18-24(20,21)15-7-6-14(17)23-15/h4-7,9,18-19H,2-3,8,10H2,1H3/t16-/m1/s1. The van der Waals surface area contributed by atoms with Gasteiger partial charge in [0.05, 0.1) is 11.4 Å². The van der Waals surface area contributed by atoms with Gasteiger partial charge < -0.3 is 9.84 Å². The molecule has 0 saturated heterocycles. The van der Waals surface area contributed by atoms with Gasteiger partial charge in [-0.25, -0.2) is 13.1 Å². The summed E-state index contributed by atoms with van der Waals surface area (Å²) in [6.07, 6.45) is 2.12. The van der Waals surface area contributed by atoms with Crippen LogP contribution in [0.15, 0.2) is 34.5 Å². The number of halogens is 1. The van der Waals surface area contributed by atoms with E-state index in [0.29, 0.717) is 10.8 Å². The van der Waals surface area contributed by atoms with Crippen molar-refractivity contribution in [3.63, 3.8) is 0 Å². The van der Waals surface area contributed by atoms with Crippen LogP contribution < -0.4 is 9.46 Å². The van der Waals surface area contributed by atoms with E-state index in [9.17, 15) is 13.5 Å². The number of aliphatic hydroxyl groups is 1. The highest BCUT2D eigenvalue weighted by molar-refractivity contribution is 7.91. The lowest BCUT2D eigenvalue weighted by Crippen LogP contribution is -2.42. The molecule has 0 aliphatic heterocycles. The van der Waals surface area contributed by atoms with Gasteiger partial charge in [-0.05, 0) is 54.7 Å². The van der Waals surface area contributed by atoms with Crippen LogP contribution in [0.1, 0.15) is 24.0 Å². The molecule has 0 fully saturated rings. The number of aryl methyl sites for hydroxylation is 1. The maximum absolute atomic E-state index is 12.4. The van der Waals surface area contributed by atoms with Gasteiger partial charge in [0.15, 0.2) is 0 Å². The molecule has 24 heavy (non-hydrogen) atoms. The summed E-state index contributed by atoms with van der Waals surface area (Å²) in [6.45, 7) is -0.0792. The summed E-state index contributed by atoms with van der Waals surface area (Å²) in [5.74, 6) is 0.729. The van der Waals surface area contributed by atoms with Crippen LogP contribution in [0, 0.1) is 0 Å². The molecule has 5 nitrogen and oxygen atoms in total. The van der Waals surface area contributed by atoms with Crippen LogP contribution in [0.3, 0.4) is 0 Å². The van der Waals surface area contributed by atoms with E-state index < -0.39 is 15.6 Å². The highest BCUT2D eigenvalue weighted by Crippen LogP contribution is 2.37. The van der Waals surface area contributed by atoms with Crippen LogP contribution in [-0.2, 0) is 22.0 Å². The Balaban J connectivity index is 1.83. The molecule has 8 heteroatoms. The predicted octanol–water partition coefficient (Wildman–Crippen LogP) is 2.91. The van der Waals surface area contributed by atoms with Crippen LogP contribution in [0.4, 0.5) is 0 Å². The number of benzene rings is 1. The molecule has 2 N–H and O–H groups in total. The van der Waals surface area contributed by atoms with Gasteiger partial charge in [0.2, 0.25) is 10.0 Å². The van der Waals surface area contributed by atoms with Gasteiger partial charge in [0, 0.05) is 6.54 Å². The van der Waals surface area contributed by atoms with Crippen molar-refractivity contribution in [3.8, 4) is 5.75 Å². The molecule has 0 bridgehead atoms. The molecule has 1 aromatic heterocycles. The van der Waals surface area contributed by atoms with Crippen molar-refractivity contribution >= 4 is 33.0 Å². The van der Waals surface area contributed by atoms with Gasteiger partial charge >= 0.3 is 0 Å². The number of methoxy groups -OCH3 is 1. The Morgan fingerprint density at radius 1 is 1.38 bits per heavy atom. The van der Waals surface area contributed by atoms with Crippen LogP contribution in [-0.4, -0.2) is 27.2 Å². The summed E-state index contributed by atoms with van der Waals surface area (Å²) in [6, 6.07) is 8.48. The van der Waals surface area contributed by atoms with Crippen molar-refractivity contribution in [3.05, 3.63) is 45.8 Å². The van der Waals surface area contributed by atoms with E-state index in [0.717, 1.165) is 41.1 Å². The zero-order valence-electron chi connectivity index (χ0n) is 13.1. The van der Waals surface area contributed by atoms with E-state index >= 15 is 0 Å². The first-order valence-electron chi connectivity index (χ1n) is 7.49. The van der Waals surface area contributed by atoms with E-state index in [2.05, 4.69) is 4.72 Å². The van der Waals surface area contributed by atoms with Gasteiger partial charge in [0.25, 0.3) is 0 Å². The Kier molecular flexibility index (Phi) is 4.90. The van der Waals surface area contributed by atoms with Crippen molar-refractivity contribution in [1.29, 1.82) is 0 Å². The van der Waals surface area contributed by atoms with Crippen LogP contribution in [0.25, 0.3) is 0 Å². The van der Waals surface area contributed by atoms with Gasteiger partial charge in [-0.2, -0.15) is 0 Å². The molecule has 1 aromatic carbocycles. The maximum atomic E-state index is 12.4. The third-order valence-electron chi connectivity index (χ3n) is 4.22. The lowest BCUT2D eigenvalue weighted by Gasteiger charge is -2.34. The third kappa shape index (κ3) is 3.45. The fraction of sp³-hybridized carbons (Fsp3) is 0.375. The summed E-state index contributed by atoms with van der Waals surface area (Å²) in [5, 5.41) is 11.0. The minimum absolute atomic E-state index is 0.0792. The first-order chi connectivity index (χ1) is 11.3. The number of rotatable bonds is 5. The normalized spacial score (nSPS) is 20.6. The molecule has 0 amide bonds. The number of sulfonamides is 1. The van der Waals surface area contributed by atoms with E-state index in [1.165, 1.54) is 12.1 Å². The second-order valence-corrected chi connectivity index (χ2v) is 9.50. The molecule has 130 valence electrons. The molecule has 3 rings (SSSR count). The lowest BCUT2D eigenvalue weighted by molar-refractivity contribution is 0.0242. The third-order valence-corrected chi connectivity index (χ3v) is 7.34. The average molecular weight is 388 g/mol. The molecule has 1 aliphatic rings. The van der Waals surface area contributed by atoms with Crippen molar-refractivity contribution < 1.29 is 18.3 Å². The number of hydrogen-bond acceptors (Lipinski definition) is 5. The topological polar surface area (TPSA) is 75.6 Å². The summed E-state index contributed by atoms with van der Waals surface area (Å²) < 4.78 is 33.0. The van der Waals surface area contributed by atoms with Gasteiger partial charge in [-0.3, -0.25) is 0 Å². The highest BCUT2D eigenvalue weighted by atomic mass is 35.5. The monoisotopic (exact) mass is 387 g/mol. The van der Waals surface area contributed by atoms with Crippen LogP contribution >= 0.6 is 22.9 Å². The fourth-order valence-corrected chi connectivity index (χ4v) is 5.59. The second-order valence-electron chi connectivity index (χ2n) is 5.79. The number of thiophene rings is 1. The molecule has 0 unspecified atom stereocenters. The molecule has 0 spiro atoms. The molecule has 1 heterocycles. The molecule has 1 aliphatic carbocycles. The SMILES string of the molecule is COc1ccc2c(c1)CCC[C@@]2(O)CNS(=O)(=O)c1ccc(Cl)s1. The van der Waals surface area contributed by atoms with Gasteiger partial charge in [0.1, 0.15) is 15.6 Å². The maximum Gasteiger partial charge on any atom is 0.250 e. The molecule has 0 saturated carbocycles. The summed E-state index contributed by atoms with van der Waals surface area (Å²) in [4.78, 5) is 0. The van der Waals surface area contributed by atoms with Gasteiger partial charge in [-0.1, -0.05) is 17.7 Å². The van der Waals surface area contributed by atoms with E-state index in [1.807, 2.05) is 12.1 Å². The number of nitrogens with one attached hydrogen (secondary N) is 1. The summed E-state index contributed by atoms with van der Waals surface area (Å²) >= 11 is 6.79.